The number of para-hydroxylation sites is 1. The van der Waals surface area contributed by atoms with Gasteiger partial charge in [-0.1, -0.05) is 18.2 Å². The van der Waals surface area contributed by atoms with Gasteiger partial charge in [0.05, 0.1) is 1.37 Å². The number of hydrogen-bond acceptors (Lipinski definition) is 2. The minimum absolute atomic E-state index is 0.119. The van der Waals surface area contributed by atoms with Crippen LogP contribution in [0.25, 0.3) is 10.9 Å². The summed E-state index contributed by atoms with van der Waals surface area (Å²) in [5.74, 6) is -1.08. The van der Waals surface area contributed by atoms with E-state index in [1.54, 1.807) is 18.2 Å². The number of aromatic amines is 1. The number of aromatic nitrogens is 1. The minimum atomic E-state index is -1.08. The van der Waals surface area contributed by atoms with Crippen LogP contribution in [0, 0.1) is 0 Å². The first-order valence-corrected chi connectivity index (χ1v) is 4.58. The van der Waals surface area contributed by atoms with Gasteiger partial charge in [0.2, 0.25) is 0 Å². The molecule has 0 amide bonds. The molecule has 0 fully saturated rings. The van der Waals surface area contributed by atoms with E-state index in [1.807, 2.05) is 0 Å². The Morgan fingerprint density at radius 1 is 1.73 bits per heavy atom. The zero-order valence-electron chi connectivity index (χ0n) is 9.97. The van der Waals surface area contributed by atoms with Crippen molar-refractivity contribution in [3.05, 3.63) is 36.0 Å². The van der Waals surface area contributed by atoms with Crippen LogP contribution in [-0.2, 0) is 11.2 Å². The summed E-state index contributed by atoms with van der Waals surface area (Å²) < 4.78 is 15.5. The Hall–Kier alpha value is -1.81. The molecular formula is C11H12N2O2. The highest BCUT2D eigenvalue weighted by molar-refractivity contribution is 5.84. The number of hydrogen-bond donors (Lipinski definition) is 3. The van der Waals surface area contributed by atoms with Crippen molar-refractivity contribution in [2.24, 2.45) is 5.73 Å². The van der Waals surface area contributed by atoms with Crippen LogP contribution in [-0.4, -0.2) is 22.1 Å². The molecular weight excluding hydrogens is 192 g/mol. The van der Waals surface area contributed by atoms with E-state index in [9.17, 15) is 4.79 Å². The zero-order chi connectivity index (χ0) is 12.6. The number of fused-ring (bicyclic) bond motifs is 1. The van der Waals surface area contributed by atoms with Gasteiger partial charge in [-0.2, -0.15) is 0 Å². The predicted molar refractivity (Wildman–Crippen MR) is 57.6 cm³/mol. The van der Waals surface area contributed by atoms with Crippen molar-refractivity contribution in [1.29, 1.82) is 0 Å². The molecule has 0 aliphatic heterocycles. The summed E-state index contributed by atoms with van der Waals surface area (Å²) in [5, 5.41) is 9.36. The predicted octanol–water partition coefficient (Wildman–Crippen LogP) is 1.12. The minimum Gasteiger partial charge on any atom is -0.480 e. The summed E-state index contributed by atoms with van der Waals surface area (Å²) >= 11 is 0. The SMILES string of the molecule is [2H]c1cccc2c1c(C[C@H](N)C(=O)O)cn2[2H]. The second-order valence-electron chi connectivity index (χ2n) is 3.36. The third-order valence-corrected chi connectivity index (χ3v) is 2.27. The van der Waals surface area contributed by atoms with E-state index >= 15 is 0 Å². The molecule has 0 radical (unpaired) electrons. The van der Waals surface area contributed by atoms with Crippen LogP contribution < -0.4 is 5.73 Å². The lowest BCUT2D eigenvalue weighted by Gasteiger charge is -2.04. The van der Waals surface area contributed by atoms with Gasteiger partial charge in [-0.25, -0.2) is 0 Å². The zero-order valence-corrected chi connectivity index (χ0v) is 7.97. The number of nitrogens with one attached hydrogen (secondary N) is 1. The van der Waals surface area contributed by atoms with E-state index < -0.39 is 12.0 Å². The van der Waals surface area contributed by atoms with Crippen molar-refractivity contribution in [2.45, 2.75) is 12.5 Å². The van der Waals surface area contributed by atoms with E-state index in [0.717, 1.165) is 4.98 Å². The van der Waals surface area contributed by atoms with Gasteiger partial charge in [0.15, 0.2) is 1.41 Å². The van der Waals surface area contributed by atoms with E-state index in [0.29, 0.717) is 16.5 Å². The normalized spacial score (nSPS) is 14.7. The molecule has 1 atom stereocenters. The smallest absolute Gasteiger partial charge is 0.320 e. The van der Waals surface area contributed by atoms with Crippen LogP contribution in [0.1, 0.15) is 6.93 Å². The molecule has 4 nitrogen and oxygen atoms in total. The van der Waals surface area contributed by atoms with Gasteiger partial charge in [0.25, 0.3) is 0 Å². The molecule has 0 aliphatic rings. The van der Waals surface area contributed by atoms with Crippen molar-refractivity contribution in [3.63, 3.8) is 0 Å². The van der Waals surface area contributed by atoms with E-state index in [-0.39, 0.29) is 12.5 Å². The second-order valence-corrected chi connectivity index (χ2v) is 3.36. The number of aliphatic carboxylic acids is 1. The van der Waals surface area contributed by atoms with Crippen LogP contribution in [0.5, 0.6) is 0 Å². The first kappa shape index (κ1) is 7.48. The molecule has 0 unspecified atom stereocenters. The van der Waals surface area contributed by atoms with Gasteiger partial charge in [-0.3, -0.25) is 4.79 Å². The number of carboxylic acids is 1. The Labute approximate surface area is 89.6 Å². The third kappa shape index (κ3) is 1.85. The molecule has 78 valence electrons. The highest BCUT2D eigenvalue weighted by atomic mass is 16.4. The summed E-state index contributed by atoms with van der Waals surface area (Å²) in [6.07, 6.45) is 1.62. The number of H-pyrrole nitrogens is 1. The van der Waals surface area contributed by atoms with E-state index in [1.165, 1.54) is 6.20 Å². The van der Waals surface area contributed by atoms with Gasteiger partial charge in [0.1, 0.15) is 6.04 Å². The van der Waals surface area contributed by atoms with E-state index in [4.69, 9.17) is 13.6 Å². The number of carbonyl (C=O) groups is 1. The molecule has 0 aliphatic carbocycles. The van der Waals surface area contributed by atoms with Crippen molar-refractivity contribution < 1.29 is 12.7 Å². The molecule has 0 saturated heterocycles. The van der Waals surface area contributed by atoms with Gasteiger partial charge in [0, 0.05) is 23.5 Å². The number of rotatable bonds is 3. The van der Waals surface area contributed by atoms with Crippen LogP contribution in [0.3, 0.4) is 0 Å². The standard InChI is InChI=1S/C11H12N2O2/c12-9(11(14)15)5-7-6-13-10-4-2-1-3-8(7)10/h1-4,6,9,13H,5,12H2,(H,14,15)/t9-/m0/s1/i3D/hD. The van der Waals surface area contributed by atoms with Crippen LogP contribution >= 0.6 is 0 Å². The largest absolute Gasteiger partial charge is 0.480 e. The molecule has 1 heterocycles. The third-order valence-electron chi connectivity index (χ3n) is 2.27. The lowest BCUT2D eigenvalue weighted by Crippen LogP contribution is -2.32. The van der Waals surface area contributed by atoms with Gasteiger partial charge >= 0.3 is 5.97 Å². The van der Waals surface area contributed by atoms with Gasteiger partial charge < -0.3 is 15.8 Å². The first-order valence-electron chi connectivity index (χ1n) is 5.52. The Morgan fingerprint density at radius 3 is 3.27 bits per heavy atom. The molecule has 1 aromatic heterocycles. The van der Waals surface area contributed by atoms with E-state index in [2.05, 4.69) is 0 Å². The Balaban J connectivity index is 2.51. The highest BCUT2D eigenvalue weighted by Crippen LogP contribution is 2.18. The molecule has 4 N–H and O–H groups in total. The lowest BCUT2D eigenvalue weighted by molar-refractivity contribution is -0.138. The van der Waals surface area contributed by atoms with Crippen LogP contribution in [0.4, 0.5) is 0 Å². The number of carboxylic acid groups (broad SMARTS) is 1. The molecule has 1 aromatic carbocycles. The highest BCUT2D eigenvalue weighted by Gasteiger charge is 2.14. The maximum atomic E-state index is 10.7. The quantitative estimate of drug-likeness (QED) is 0.704. The Morgan fingerprint density at radius 2 is 2.53 bits per heavy atom. The Kier molecular flexibility index (Phi) is 1.87. The number of nitrogens with two attached hydrogens (primary N) is 1. The number of benzene rings is 1. The maximum absolute atomic E-state index is 10.7. The fourth-order valence-electron chi connectivity index (χ4n) is 1.48. The summed E-state index contributed by atoms with van der Waals surface area (Å²) in [5.41, 5.74) is 6.68. The maximum Gasteiger partial charge on any atom is 0.320 e. The molecule has 2 aromatic rings. The summed E-state index contributed by atoms with van der Waals surface area (Å²) in [6, 6.07) is 4.28. The summed E-state index contributed by atoms with van der Waals surface area (Å²) in [6.45, 7) is 0. The fourth-order valence-corrected chi connectivity index (χ4v) is 1.48. The van der Waals surface area contributed by atoms with Crippen molar-refractivity contribution in [2.75, 3.05) is 0 Å². The average Bonchev–Trinajstić information content (AvgIpc) is 2.57. The monoisotopic (exact) mass is 206 g/mol. The summed E-state index contributed by atoms with van der Waals surface area (Å²) in [4.78, 5) is 11.8. The second kappa shape index (κ2) is 3.74. The van der Waals surface area contributed by atoms with Crippen molar-refractivity contribution in [1.82, 2.24) is 4.98 Å². The summed E-state index contributed by atoms with van der Waals surface area (Å²) in [7, 11) is 0. The first-order chi connectivity index (χ1) is 8.00. The van der Waals surface area contributed by atoms with Crippen LogP contribution in [0.15, 0.2) is 30.4 Å². The molecule has 2 rings (SSSR count). The molecule has 4 heteroatoms. The fraction of sp³-hybridized carbons (Fsp3) is 0.182. The van der Waals surface area contributed by atoms with Crippen molar-refractivity contribution in [3.8, 4) is 0 Å². The van der Waals surface area contributed by atoms with Gasteiger partial charge in [-0.15, -0.1) is 0 Å². The lowest BCUT2D eigenvalue weighted by atomic mass is 10.1. The molecule has 0 spiro atoms. The van der Waals surface area contributed by atoms with Crippen LogP contribution in [0.2, 0.25) is 1.41 Å². The molecule has 15 heavy (non-hydrogen) atoms. The van der Waals surface area contributed by atoms with Crippen molar-refractivity contribution >= 4 is 16.9 Å². The topological polar surface area (TPSA) is 79.1 Å². The average molecular weight is 206 g/mol. The van der Waals surface area contributed by atoms with Gasteiger partial charge in [-0.05, 0) is 11.6 Å². The Bertz CT molecular complexity index is 580. The molecule has 0 bridgehead atoms. The molecule has 0 saturated carbocycles.